The quantitative estimate of drug-likeness (QED) is 0.175. The molecule has 0 unspecified atom stereocenters. The molecular weight excluding hydrogens is 651 g/mol. The number of hydrogen-bond donors (Lipinski definition) is 0. The van der Waals surface area contributed by atoms with Crippen LogP contribution >= 0.6 is 11.3 Å². The zero-order valence-electron chi connectivity index (χ0n) is 28.1. The van der Waals surface area contributed by atoms with Crippen molar-refractivity contribution in [3.8, 4) is 61.2 Å². The lowest BCUT2D eigenvalue weighted by Crippen LogP contribution is -1.97. The highest BCUT2D eigenvalue weighted by Crippen LogP contribution is 2.38. The number of aromatic nitrogens is 3. The predicted molar refractivity (Wildman–Crippen MR) is 219 cm³/mol. The molecular formula is C48H31N3S. The summed E-state index contributed by atoms with van der Waals surface area (Å²) in [6.45, 7) is 0. The van der Waals surface area contributed by atoms with Gasteiger partial charge in [0.15, 0.2) is 5.82 Å². The Bertz CT molecular complexity index is 2850. The van der Waals surface area contributed by atoms with Crippen LogP contribution < -0.4 is 0 Å². The molecule has 7 aromatic carbocycles. The average molecular weight is 682 g/mol. The average Bonchev–Trinajstić information content (AvgIpc) is 3.81. The van der Waals surface area contributed by atoms with Crippen molar-refractivity contribution in [1.29, 1.82) is 0 Å². The van der Waals surface area contributed by atoms with Gasteiger partial charge in [-0.3, -0.25) is 0 Å². The number of thiophene rings is 1. The molecule has 3 aromatic heterocycles. The second-order valence-corrected chi connectivity index (χ2v) is 14.1. The van der Waals surface area contributed by atoms with Gasteiger partial charge in [-0.25, -0.2) is 9.97 Å². The minimum atomic E-state index is 0.697. The molecule has 10 aromatic rings. The van der Waals surface area contributed by atoms with Gasteiger partial charge in [-0.1, -0.05) is 133 Å². The Morgan fingerprint density at radius 2 is 1.04 bits per heavy atom. The van der Waals surface area contributed by atoms with E-state index in [2.05, 4.69) is 193 Å². The van der Waals surface area contributed by atoms with E-state index in [1.165, 1.54) is 36.8 Å². The van der Waals surface area contributed by atoms with Gasteiger partial charge in [0, 0.05) is 42.7 Å². The van der Waals surface area contributed by atoms with Crippen LogP contribution in [0.1, 0.15) is 0 Å². The first-order valence-corrected chi connectivity index (χ1v) is 18.3. The minimum Gasteiger partial charge on any atom is -0.309 e. The summed E-state index contributed by atoms with van der Waals surface area (Å²) in [4.78, 5) is 11.8. The fourth-order valence-electron chi connectivity index (χ4n) is 7.33. The van der Waals surface area contributed by atoms with Crippen LogP contribution in [0.3, 0.4) is 0 Å². The Morgan fingerprint density at radius 1 is 0.404 bits per heavy atom. The fourth-order valence-corrected chi connectivity index (χ4v) is 8.40. The van der Waals surface area contributed by atoms with Gasteiger partial charge in [-0.15, -0.1) is 11.3 Å². The van der Waals surface area contributed by atoms with Crippen LogP contribution in [-0.2, 0) is 0 Å². The van der Waals surface area contributed by atoms with E-state index in [4.69, 9.17) is 9.97 Å². The van der Waals surface area contributed by atoms with Crippen LogP contribution in [0.25, 0.3) is 93.0 Å². The van der Waals surface area contributed by atoms with Crippen LogP contribution in [0.2, 0.25) is 0 Å². The van der Waals surface area contributed by atoms with Crippen molar-refractivity contribution in [3.63, 3.8) is 0 Å². The van der Waals surface area contributed by atoms with E-state index >= 15 is 0 Å². The smallest absolute Gasteiger partial charge is 0.160 e. The van der Waals surface area contributed by atoms with Crippen LogP contribution in [0.15, 0.2) is 188 Å². The van der Waals surface area contributed by atoms with E-state index in [0.29, 0.717) is 5.82 Å². The van der Waals surface area contributed by atoms with Crippen molar-refractivity contribution in [2.24, 2.45) is 0 Å². The van der Waals surface area contributed by atoms with Crippen molar-refractivity contribution >= 4 is 43.2 Å². The van der Waals surface area contributed by atoms with Crippen molar-refractivity contribution in [3.05, 3.63) is 188 Å². The molecule has 4 heteroatoms. The van der Waals surface area contributed by atoms with Gasteiger partial charge in [0.2, 0.25) is 0 Å². The number of nitrogens with zero attached hydrogens (tertiary/aromatic N) is 3. The van der Waals surface area contributed by atoms with Crippen LogP contribution in [0, 0.1) is 0 Å². The summed E-state index contributed by atoms with van der Waals surface area (Å²) in [5.41, 5.74) is 11.8. The third kappa shape index (κ3) is 5.29. The first kappa shape index (κ1) is 30.2. The molecule has 0 spiro atoms. The zero-order chi connectivity index (χ0) is 34.4. The van der Waals surface area contributed by atoms with Crippen molar-refractivity contribution in [1.82, 2.24) is 14.5 Å². The predicted octanol–water partition coefficient (Wildman–Crippen LogP) is 13.1. The first-order valence-electron chi connectivity index (χ1n) is 17.5. The molecule has 0 saturated heterocycles. The van der Waals surface area contributed by atoms with E-state index in [1.54, 1.807) is 0 Å². The molecule has 0 aliphatic rings. The Kier molecular flexibility index (Phi) is 7.33. The topological polar surface area (TPSA) is 30.7 Å². The van der Waals surface area contributed by atoms with Crippen molar-refractivity contribution in [2.45, 2.75) is 0 Å². The van der Waals surface area contributed by atoms with E-state index in [9.17, 15) is 0 Å². The molecule has 0 bridgehead atoms. The lowest BCUT2D eigenvalue weighted by atomic mass is 9.96. The first-order chi connectivity index (χ1) is 25.8. The third-order valence-electron chi connectivity index (χ3n) is 9.85. The molecule has 3 nitrogen and oxygen atoms in total. The highest BCUT2D eigenvalue weighted by Gasteiger charge is 2.17. The maximum atomic E-state index is 5.31. The monoisotopic (exact) mass is 681 g/mol. The Labute approximate surface area is 305 Å². The molecule has 10 rings (SSSR count). The lowest BCUT2D eigenvalue weighted by molar-refractivity contribution is 1.17. The summed E-state index contributed by atoms with van der Waals surface area (Å²) >= 11 is 1.83. The lowest BCUT2D eigenvalue weighted by Gasteiger charge is -2.13. The normalized spacial score (nSPS) is 11.5. The van der Waals surface area contributed by atoms with Crippen LogP contribution in [-0.4, -0.2) is 14.5 Å². The zero-order valence-corrected chi connectivity index (χ0v) is 29.0. The second-order valence-electron chi connectivity index (χ2n) is 13.0. The molecule has 0 saturated carbocycles. The van der Waals surface area contributed by atoms with E-state index in [0.717, 1.165) is 50.4 Å². The number of para-hydroxylation sites is 2. The van der Waals surface area contributed by atoms with Gasteiger partial charge in [0.25, 0.3) is 0 Å². The second kappa shape index (κ2) is 12.6. The minimum absolute atomic E-state index is 0.697. The summed E-state index contributed by atoms with van der Waals surface area (Å²) in [5, 5.41) is 3.65. The molecule has 52 heavy (non-hydrogen) atoms. The van der Waals surface area contributed by atoms with Crippen molar-refractivity contribution in [2.75, 3.05) is 0 Å². The number of rotatable bonds is 6. The van der Waals surface area contributed by atoms with Gasteiger partial charge in [-0.05, 0) is 76.7 Å². The van der Waals surface area contributed by atoms with Gasteiger partial charge < -0.3 is 4.57 Å². The maximum absolute atomic E-state index is 5.31. The van der Waals surface area contributed by atoms with E-state index < -0.39 is 0 Å². The maximum Gasteiger partial charge on any atom is 0.160 e. The van der Waals surface area contributed by atoms with Crippen molar-refractivity contribution < 1.29 is 0 Å². The SMILES string of the molecule is c1ccc(-c2ccccc2-c2cc(-c3ccc(-c4cc5ccccc5s4)cc3)nc(-c3ccc4c(c3)c3ccccc3n4-c3ccccc3)n2)cc1. The van der Waals surface area contributed by atoms with Gasteiger partial charge >= 0.3 is 0 Å². The van der Waals surface area contributed by atoms with Gasteiger partial charge in [-0.2, -0.15) is 0 Å². The number of hydrogen-bond acceptors (Lipinski definition) is 3. The summed E-state index contributed by atoms with van der Waals surface area (Å²) in [7, 11) is 0. The molecule has 0 atom stereocenters. The van der Waals surface area contributed by atoms with E-state index in [-0.39, 0.29) is 0 Å². The molecule has 0 N–H and O–H groups in total. The summed E-state index contributed by atoms with van der Waals surface area (Å²) in [6, 6.07) is 66.7. The van der Waals surface area contributed by atoms with Crippen LogP contribution in [0.5, 0.6) is 0 Å². The molecule has 0 aliphatic heterocycles. The largest absolute Gasteiger partial charge is 0.309 e. The standard InChI is InChI=1S/C48H31N3S/c1-3-13-32(14-4-1)38-18-8-9-19-39(38)43-31-42(33-23-25-34(26-24-33)47-30-35-15-7-12-22-46(35)52-47)49-48(50-43)36-27-28-45-41(29-36)40-20-10-11-21-44(40)51(45)37-16-5-2-6-17-37/h1-31H. The Morgan fingerprint density at radius 3 is 1.87 bits per heavy atom. The number of benzene rings is 7. The van der Waals surface area contributed by atoms with Gasteiger partial charge in [0.05, 0.1) is 22.4 Å². The highest BCUT2D eigenvalue weighted by atomic mass is 32.1. The summed E-state index contributed by atoms with van der Waals surface area (Å²) < 4.78 is 3.64. The summed E-state index contributed by atoms with van der Waals surface area (Å²) in [5.74, 6) is 0.697. The molecule has 0 fully saturated rings. The van der Waals surface area contributed by atoms with E-state index in [1.807, 2.05) is 11.3 Å². The highest BCUT2D eigenvalue weighted by molar-refractivity contribution is 7.22. The number of fused-ring (bicyclic) bond motifs is 4. The third-order valence-corrected chi connectivity index (χ3v) is 11.0. The van der Waals surface area contributed by atoms with Crippen LogP contribution in [0.4, 0.5) is 0 Å². The molecule has 244 valence electrons. The van der Waals surface area contributed by atoms with Gasteiger partial charge in [0.1, 0.15) is 0 Å². The Hall–Kier alpha value is -6.62. The Balaban J connectivity index is 1.15. The summed E-state index contributed by atoms with van der Waals surface area (Å²) in [6.07, 6.45) is 0. The fraction of sp³-hybridized carbons (Fsp3) is 0. The molecule has 3 heterocycles. The molecule has 0 amide bonds. The molecule has 0 aliphatic carbocycles. The molecule has 0 radical (unpaired) electrons.